The molecule has 1 atom stereocenters. The molecule has 1 N–H and O–H groups in total. The molecule has 0 aliphatic rings. The van der Waals surface area contributed by atoms with Crippen LogP contribution in [0.4, 0.5) is 0 Å². The van der Waals surface area contributed by atoms with Crippen molar-refractivity contribution in [3.8, 4) is 5.75 Å². The minimum absolute atomic E-state index is 0.267. The summed E-state index contributed by atoms with van der Waals surface area (Å²) in [6.07, 6.45) is 1.48. The van der Waals surface area contributed by atoms with Gasteiger partial charge in [-0.15, -0.1) is 0 Å². The highest BCUT2D eigenvalue weighted by molar-refractivity contribution is 5.91. The fourth-order valence-corrected chi connectivity index (χ4v) is 3.17. The molecule has 2 aromatic carbocycles. The van der Waals surface area contributed by atoms with E-state index in [1.807, 2.05) is 61.5 Å². The summed E-state index contributed by atoms with van der Waals surface area (Å²) < 4.78 is 13.1. The number of imidazole rings is 1. The maximum absolute atomic E-state index is 12.3. The summed E-state index contributed by atoms with van der Waals surface area (Å²) in [6.45, 7) is 3.03. The van der Waals surface area contributed by atoms with Crippen LogP contribution >= 0.6 is 0 Å². The fourth-order valence-electron chi connectivity index (χ4n) is 3.17. The molecule has 0 saturated heterocycles. The average molecular weight is 375 g/mol. The molecule has 0 radical (unpaired) electrons. The summed E-state index contributed by atoms with van der Waals surface area (Å²) in [4.78, 5) is 17.1. The van der Waals surface area contributed by atoms with Gasteiger partial charge in [0.2, 0.25) is 0 Å². The van der Waals surface area contributed by atoms with Gasteiger partial charge in [0.1, 0.15) is 18.2 Å². The van der Waals surface area contributed by atoms with Crippen molar-refractivity contribution < 1.29 is 13.9 Å². The standard InChI is InChI=1S/C22H21N3O3/c1-16(23-22(26)20-12-7-14-28-20)21-24-18-10-5-6-11-19(18)25(21)13-15-27-17-8-3-2-4-9-17/h2-12,14,16H,13,15H2,1H3,(H,23,26)/t16-/m0/s1. The van der Waals surface area contributed by atoms with Gasteiger partial charge >= 0.3 is 0 Å². The Morgan fingerprint density at radius 3 is 2.68 bits per heavy atom. The second kappa shape index (κ2) is 8.00. The molecule has 4 aromatic rings. The smallest absolute Gasteiger partial charge is 0.287 e. The number of carbonyl (C=O) groups excluding carboxylic acids is 1. The van der Waals surface area contributed by atoms with Crippen LogP contribution in [0.3, 0.4) is 0 Å². The Morgan fingerprint density at radius 2 is 1.89 bits per heavy atom. The summed E-state index contributed by atoms with van der Waals surface area (Å²) >= 11 is 0. The maximum Gasteiger partial charge on any atom is 0.287 e. The zero-order chi connectivity index (χ0) is 19.3. The van der Waals surface area contributed by atoms with E-state index in [4.69, 9.17) is 14.1 Å². The molecular formula is C22H21N3O3. The molecule has 0 bridgehead atoms. The van der Waals surface area contributed by atoms with Gasteiger partial charge in [0.05, 0.1) is 29.9 Å². The van der Waals surface area contributed by atoms with E-state index in [2.05, 4.69) is 9.88 Å². The van der Waals surface area contributed by atoms with Gasteiger partial charge < -0.3 is 19.0 Å². The first kappa shape index (κ1) is 17.9. The minimum atomic E-state index is -0.290. The second-order valence-electron chi connectivity index (χ2n) is 6.44. The van der Waals surface area contributed by atoms with E-state index in [0.29, 0.717) is 13.2 Å². The van der Waals surface area contributed by atoms with Crippen LogP contribution in [-0.4, -0.2) is 22.1 Å². The van der Waals surface area contributed by atoms with Gasteiger partial charge in [-0.2, -0.15) is 0 Å². The largest absolute Gasteiger partial charge is 0.492 e. The van der Waals surface area contributed by atoms with Crippen LogP contribution in [0, 0.1) is 0 Å². The Hall–Kier alpha value is -3.54. The lowest BCUT2D eigenvalue weighted by Crippen LogP contribution is -2.28. The first-order chi connectivity index (χ1) is 13.7. The number of nitrogens with one attached hydrogen (secondary N) is 1. The number of furan rings is 1. The summed E-state index contributed by atoms with van der Waals surface area (Å²) in [7, 11) is 0. The summed E-state index contributed by atoms with van der Waals surface area (Å²) in [5.41, 5.74) is 1.89. The monoisotopic (exact) mass is 375 g/mol. The topological polar surface area (TPSA) is 69.3 Å². The zero-order valence-corrected chi connectivity index (χ0v) is 15.5. The Balaban J connectivity index is 1.55. The van der Waals surface area contributed by atoms with Crippen molar-refractivity contribution in [2.45, 2.75) is 19.5 Å². The molecule has 6 heteroatoms. The highest BCUT2D eigenvalue weighted by Gasteiger charge is 2.20. The molecule has 0 saturated carbocycles. The molecule has 2 aromatic heterocycles. The SMILES string of the molecule is C[C@H](NC(=O)c1ccco1)c1nc2ccccc2n1CCOc1ccccc1. The Kier molecular flexibility index (Phi) is 5.10. The third-order valence-electron chi connectivity index (χ3n) is 4.49. The van der Waals surface area contributed by atoms with E-state index in [-0.39, 0.29) is 17.7 Å². The highest BCUT2D eigenvalue weighted by Crippen LogP contribution is 2.21. The van der Waals surface area contributed by atoms with Gasteiger partial charge in [0.15, 0.2) is 5.76 Å². The molecule has 6 nitrogen and oxygen atoms in total. The maximum atomic E-state index is 12.3. The number of hydrogen-bond donors (Lipinski definition) is 1. The Bertz CT molecular complexity index is 1060. The number of carbonyl (C=O) groups is 1. The van der Waals surface area contributed by atoms with Gasteiger partial charge in [-0.3, -0.25) is 4.79 Å². The normalized spacial score (nSPS) is 12.0. The summed E-state index contributed by atoms with van der Waals surface area (Å²) in [5, 5.41) is 2.95. The molecular weight excluding hydrogens is 354 g/mol. The van der Waals surface area contributed by atoms with Gasteiger partial charge in [0, 0.05) is 0 Å². The van der Waals surface area contributed by atoms with Gasteiger partial charge in [-0.05, 0) is 43.3 Å². The predicted molar refractivity (Wildman–Crippen MR) is 106 cm³/mol. The number of fused-ring (bicyclic) bond motifs is 1. The van der Waals surface area contributed by atoms with Crippen molar-refractivity contribution >= 4 is 16.9 Å². The molecule has 0 aliphatic carbocycles. The Morgan fingerprint density at radius 1 is 1.11 bits per heavy atom. The molecule has 4 rings (SSSR count). The van der Waals surface area contributed by atoms with Crippen LogP contribution in [-0.2, 0) is 6.54 Å². The van der Waals surface area contributed by atoms with E-state index in [0.717, 1.165) is 22.6 Å². The van der Waals surface area contributed by atoms with Crippen LogP contribution in [0.25, 0.3) is 11.0 Å². The van der Waals surface area contributed by atoms with Crippen molar-refractivity contribution in [3.05, 3.63) is 84.6 Å². The predicted octanol–water partition coefficient (Wildman–Crippen LogP) is 4.20. The van der Waals surface area contributed by atoms with Crippen LogP contribution in [0.5, 0.6) is 5.75 Å². The molecule has 0 aliphatic heterocycles. The second-order valence-corrected chi connectivity index (χ2v) is 6.44. The summed E-state index contributed by atoms with van der Waals surface area (Å²) in [6, 6.07) is 20.7. The first-order valence-electron chi connectivity index (χ1n) is 9.20. The third-order valence-corrected chi connectivity index (χ3v) is 4.49. The lowest BCUT2D eigenvalue weighted by molar-refractivity contribution is 0.0909. The number of nitrogens with zero attached hydrogens (tertiary/aromatic N) is 2. The van der Waals surface area contributed by atoms with Crippen LogP contribution in [0.2, 0.25) is 0 Å². The average Bonchev–Trinajstić information content (AvgIpc) is 3.37. The lowest BCUT2D eigenvalue weighted by Gasteiger charge is -2.16. The van der Waals surface area contributed by atoms with Crippen LogP contribution in [0.1, 0.15) is 29.3 Å². The van der Waals surface area contributed by atoms with Crippen molar-refractivity contribution in [2.75, 3.05) is 6.61 Å². The van der Waals surface area contributed by atoms with Crippen molar-refractivity contribution in [2.24, 2.45) is 0 Å². The van der Waals surface area contributed by atoms with Crippen molar-refractivity contribution in [3.63, 3.8) is 0 Å². The lowest BCUT2D eigenvalue weighted by atomic mass is 10.3. The zero-order valence-electron chi connectivity index (χ0n) is 15.5. The quantitative estimate of drug-likeness (QED) is 0.526. The van der Waals surface area contributed by atoms with Crippen LogP contribution < -0.4 is 10.1 Å². The number of benzene rings is 2. The van der Waals surface area contributed by atoms with E-state index in [1.165, 1.54) is 6.26 Å². The van der Waals surface area contributed by atoms with Gasteiger partial charge in [-0.25, -0.2) is 4.98 Å². The van der Waals surface area contributed by atoms with Crippen molar-refractivity contribution in [1.82, 2.24) is 14.9 Å². The molecule has 0 fully saturated rings. The molecule has 0 spiro atoms. The first-order valence-corrected chi connectivity index (χ1v) is 9.20. The van der Waals surface area contributed by atoms with E-state index >= 15 is 0 Å². The number of amides is 1. The van der Waals surface area contributed by atoms with E-state index in [1.54, 1.807) is 12.1 Å². The number of rotatable bonds is 7. The van der Waals surface area contributed by atoms with Gasteiger partial charge in [-0.1, -0.05) is 30.3 Å². The number of aromatic nitrogens is 2. The minimum Gasteiger partial charge on any atom is -0.492 e. The number of para-hydroxylation sites is 3. The molecule has 1 amide bonds. The van der Waals surface area contributed by atoms with Crippen LogP contribution in [0.15, 0.2) is 77.4 Å². The van der Waals surface area contributed by atoms with Gasteiger partial charge in [0.25, 0.3) is 5.91 Å². The highest BCUT2D eigenvalue weighted by atomic mass is 16.5. The summed E-state index contributed by atoms with van der Waals surface area (Å²) in [5.74, 6) is 1.61. The third kappa shape index (κ3) is 3.76. The van der Waals surface area contributed by atoms with Crippen molar-refractivity contribution in [1.29, 1.82) is 0 Å². The molecule has 28 heavy (non-hydrogen) atoms. The Labute approximate surface area is 162 Å². The molecule has 0 unspecified atom stereocenters. The molecule has 2 heterocycles. The molecule has 142 valence electrons. The number of hydrogen-bond acceptors (Lipinski definition) is 4. The van der Waals surface area contributed by atoms with E-state index in [9.17, 15) is 4.79 Å². The van der Waals surface area contributed by atoms with E-state index < -0.39 is 0 Å². The fraction of sp³-hybridized carbons (Fsp3) is 0.182. The number of ether oxygens (including phenoxy) is 1.